The molecule has 0 spiro atoms. The van der Waals surface area contributed by atoms with E-state index in [4.69, 9.17) is 16.3 Å². The minimum Gasteiger partial charge on any atom is -0.467 e. The number of methoxy groups -OCH3 is 1. The number of benzene rings is 2. The van der Waals surface area contributed by atoms with Crippen molar-refractivity contribution in [2.45, 2.75) is 76.3 Å². The van der Waals surface area contributed by atoms with Gasteiger partial charge in [-0.1, -0.05) is 30.3 Å². The molecule has 3 aromatic rings. The fraction of sp³-hybridized carbons (Fsp3) is 0.526. The molecule has 2 heterocycles. The summed E-state index contributed by atoms with van der Waals surface area (Å²) in [6, 6.07) is 13.5. The number of alkyl halides is 1. The van der Waals surface area contributed by atoms with E-state index in [1.165, 1.54) is 50.5 Å². The molecule has 0 radical (unpaired) electrons. The first-order valence-electron chi connectivity index (χ1n) is 17.5. The van der Waals surface area contributed by atoms with Crippen molar-refractivity contribution in [1.29, 1.82) is 0 Å². The molecule has 10 heteroatoms. The van der Waals surface area contributed by atoms with E-state index in [2.05, 4.69) is 15.6 Å². The summed E-state index contributed by atoms with van der Waals surface area (Å²) >= 11 is 6.06. The van der Waals surface area contributed by atoms with Gasteiger partial charge in [-0.15, -0.1) is 11.6 Å². The molecule has 0 unspecified atom stereocenters. The zero-order chi connectivity index (χ0) is 33.4. The number of esters is 1. The summed E-state index contributed by atoms with van der Waals surface area (Å²) < 4.78 is 5.12. The van der Waals surface area contributed by atoms with E-state index in [0.29, 0.717) is 31.5 Å². The minimum absolute atomic E-state index is 0.183. The second kappa shape index (κ2) is 13.6. The van der Waals surface area contributed by atoms with Crippen molar-refractivity contribution in [1.82, 2.24) is 20.5 Å². The molecule has 4 bridgehead atoms. The van der Waals surface area contributed by atoms with Crippen LogP contribution in [0, 0.1) is 23.2 Å². The van der Waals surface area contributed by atoms with E-state index in [9.17, 15) is 19.2 Å². The molecule has 4 saturated carbocycles. The van der Waals surface area contributed by atoms with Crippen molar-refractivity contribution in [3.05, 3.63) is 70.9 Å². The number of nitrogens with one attached hydrogen (secondary N) is 3. The molecule has 4 aliphatic carbocycles. The molecule has 48 heavy (non-hydrogen) atoms. The average molecular weight is 673 g/mol. The van der Waals surface area contributed by atoms with E-state index in [0.717, 1.165) is 58.3 Å². The van der Waals surface area contributed by atoms with Crippen LogP contribution < -0.4 is 10.6 Å². The molecule has 2 atom stereocenters. The van der Waals surface area contributed by atoms with Crippen LogP contribution in [0.1, 0.15) is 91.0 Å². The van der Waals surface area contributed by atoms with Crippen LogP contribution in [0.4, 0.5) is 0 Å². The quantitative estimate of drug-likeness (QED) is 0.138. The van der Waals surface area contributed by atoms with Crippen molar-refractivity contribution in [3.8, 4) is 0 Å². The summed E-state index contributed by atoms with van der Waals surface area (Å²) in [4.78, 5) is 57.0. The number of fused-ring (bicyclic) bond motifs is 3. The Kier molecular flexibility index (Phi) is 9.24. The molecule has 9 nitrogen and oxygen atoms in total. The number of hydrogen-bond acceptors (Lipinski definition) is 5. The highest BCUT2D eigenvalue weighted by molar-refractivity contribution is 6.27. The predicted octanol–water partition coefficient (Wildman–Crippen LogP) is 5.66. The number of hydrogen-bond donors (Lipinski definition) is 3. The topological polar surface area (TPSA) is 121 Å². The van der Waals surface area contributed by atoms with Gasteiger partial charge in [-0.2, -0.15) is 0 Å². The fourth-order valence-electron chi connectivity index (χ4n) is 9.84. The zero-order valence-electron chi connectivity index (χ0n) is 27.6. The number of unbranched alkanes of at least 4 members (excludes halogenated alkanes) is 1. The first kappa shape index (κ1) is 32.7. The van der Waals surface area contributed by atoms with E-state index in [1.54, 1.807) is 12.1 Å². The Morgan fingerprint density at radius 2 is 1.56 bits per heavy atom. The van der Waals surface area contributed by atoms with Crippen LogP contribution in [0.3, 0.4) is 0 Å². The van der Waals surface area contributed by atoms with E-state index in [1.807, 2.05) is 36.4 Å². The lowest BCUT2D eigenvalue weighted by molar-refractivity contribution is -0.154. The van der Waals surface area contributed by atoms with Crippen molar-refractivity contribution in [2.24, 2.45) is 23.2 Å². The molecule has 3 N–H and O–H groups in total. The summed E-state index contributed by atoms with van der Waals surface area (Å²) in [5.74, 6) is 1.35. The highest BCUT2D eigenvalue weighted by Gasteiger charge is 2.51. The van der Waals surface area contributed by atoms with Crippen LogP contribution in [0.5, 0.6) is 0 Å². The van der Waals surface area contributed by atoms with Crippen LogP contribution in [0.15, 0.2) is 48.5 Å². The van der Waals surface area contributed by atoms with Gasteiger partial charge in [-0.25, -0.2) is 4.79 Å². The lowest BCUT2D eigenvalue weighted by atomic mass is 9.49. The number of aromatic nitrogens is 1. The molecule has 8 rings (SSSR count). The van der Waals surface area contributed by atoms with E-state index in [-0.39, 0.29) is 29.0 Å². The summed E-state index contributed by atoms with van der Waals surface area (Å²) in [7, 11) is 1.32. The SMILES string of the molecule is COC(=O)[C@H]1Cc2c([nH]c3ccccc23)[C@H](c2ccc(C(=O)NCCCCNC(=O)CC34CC5CC(CC(C5)C3)C4)cc2)N1C(=O)CCl. The number of H-pyrrole nitrogens is 1. The Morgan fingerprint density at radius 3 is 2.21 bits per heavy atom. The molecular formula is C38H45ClN4O5. The fourth-order valence-corrected chi connectivity index (χ4v) is 9.98. The van der Waals surface area contributed by atoms with Crippen molar-refractivity contribution < 1.29 is 23.9 Å². The van der Waals surface area contributed by atoms with Gasteiger partial charge in [0.15, 0.2) is 0 Å². The van der Waals surface area contributed by atoms with Crippen molar-refractivity contribution in [3.63, 3.8) is 0 Å². The largest absolute Gasteiger partial charge is 0.467 e. The molecule has 3 amide bonds. The van der Waals surface area contributed by atoms with Gasteiger partial charge >= 0.3 is 5.97 Å². The number of carbonyl (C=O) groups excluding carboxylic acids is 4. The van der Waals surface area contributed by atoms with Crippen LogP contribution in [0.25, 0.3) is 10.9 Å². The third-order valence-corrected chi connectivity index (χ3v) is 11.6. The predicted molar refractivity (Wildman–Crippen MR) is 183 cm³/mol. The molecular weight excluding hydrogens is 628 g/mol. The average Bonchev–Trinajstić information content (AvgIpc) is 3.45. The molecule has 1 aliphatic heterocycles. The van der Waals surface area contributed by atoms with Gasteiger partial charge in [0.25, 0.3) is 5.91 Å². The Morgan fingerprint density at radius 1 is 0.917 bits per heavy atom. The smallest absolute Gasteiger partial charge is 0.328 e. The van der Waals surface area contributed by atoms with Crippen LogP contribution in [-0.4, -0.2) is 65.7 Å². The van der Waals surface area contributed by atoms with Gasteiger partial charge in [0.05, 0.1) is 13.2 Å². The number of carbonyl (C=O) groups is 4. The molecule has 0 saturated heterocycles. The summed E-state index contributed by atoms with van der Waals surface area (Å²) in [6.07, 6.45) is 10.4. The van der Waals surface area contributed by atoms with Crippen LogP contribution in [-0.2, 0) is 25.5 Å². The first-order valence-corrected chi connectivity index (χ1v) is 18.0. The molecule has 5 aliphatic rings. The monoisotopic (exact) mass is 672 g/mol. The Balaban J connectivity index is 0.951. The van der Waals surface area contributed by atoms with E-state index >= 15 is 0 Å². The highest BCUT2D eigenvalue weighted by atomic mass is 35.5. The second-order valence-corrected chi connectivity index (χ2v) is 14.9. The van der Waals surface area contributed by atoms with E-state index < -0.39 is 18.1 Å². The summed E-state index contributed by atoms with van der Waals surface area (Å²) in [5, 5.41) is 7.12. The Hall–Kier alpha value is -3.85. The lowest BCUT2D eigenvalue weighted by Gasteiger charge is -2.56. The molecule has 4 fully saturated rings. The maximum absolute atomic E-state index is 13.2. The van der Waals surface area contributed by atoms with Gasteiger partial charge < -0.3 is 25.3 Å². The number of nitrogens with zero attached hydrogens (tertiary/aromatic N) is 1. The zero-order valence-corrected chi connectivity index (χ0v) is 28.3. The van der Waals surface area contributed by atoms with Crippen LogP contribution >= 0.6 is 11.6 Å². The summed E-state index contributed by atoms with van der Waals surface area (Å²) in [6.45, 7) is 1.13. The third kappa shape index (κ3) is 6.33. The summed E-state index contributed by atoms with van der Waals surface area (Å²) in [5.41, 5.74) is 4.17. The first-order chi connectivity index (χ1) is 23.3. The van der Waals surface area contributed by atoms with Gasteiger partial charge in [0, 0.05) is 48.1 Å². The lowest BCUT2D eigenvalue weighted by Crippen LogP contribution is -2.52. The van der Waals surface area contributed by atoms with Gasteiger partial charge in [-0.05, 0) is 104 Å². The molecule has 2 aromatic carbocycles. The highest BCUT2D eigenvalue weighted by Crippen LogP contribution is 2.61. The van der Waals surface area contributed by atoms with Crippen molar-refractivity contribution >= 4 is 46.2 Å². The Labute approximate surface area is 286 Å². The third-order valence-electron chi connectivity index (χ3n) is 11.4. The Bertz CT molecular complexity index is 1670. The minimum atomic E-state index is -0.845. The number of aromatic amines is 1. The normalized spacial score (nSPS) is 27.0. The number of halogens is 1. The maximum Gasteiger partial charge on any atom is 0.328 e. The van der Waals surface area contributed by atoms with Gasteiger partial charge in [0.1, 0.15) is 11.9 Å². The molecule has 1 aromatic heterocycles. The van der Waals surface area contributed by atoms with Gasteiger partial charge in [-0.3, -0.25) is 14.4 Å². The number of para-hydroxylation sites is 1. The second-order valence-electron chi connectivity index (χ2n) is 14.7. The maximum atomic E-state index is 13.2. The standard InChI is InChI=1S/C38H45ClN4O5/c1-48-37(47)31-17-29-28-6-2-3-7-30(28)42-34(29)35(43(31)33(45)22-39)26-8-10-27(11-9-26)36(46)41-13-5-4-12-40-32(44)21-38-18-23-14-24(19-38)16-25(15-23)20-38/h2-3,6-11,23-25,31,35,42H,4-5,12-22H2,1H3,(H,40,44)(H,41,46)/t23?,24?,25?,31-,35+,38?/m1/s1. The number of amides is 3. The van der Waals surface area contributed by atoms with Crippen molar-refractivity contribution in [2.75, 3.05) is 26.1 Å². The number of rotatable bonds is 11. The number of ether oxygens (including phenoxy) is 1. The molecule has 254 valence electrons. The van der Waals surface area contributed by atoms with Gasteiger partial charge in [0.2, 0.25) is 11.8 Å². The van der Waals surface area contributed by atoms with Crippen LogP contribution in [0.2, 0.25) is 0 Å².